The number of unbranched alkanes of at least 4 members (excludes halogenated alkanes) is 1. The lowest BCUT2D eigenvalue weighted by atomic mass is 9.93. The van der Waals surface area contributed by atoms with Gasteiger partial charge in [0.2, 0.25) is 0 Å². The highest BCUT2D eigenvalue weighted by atomic mass is 16.5. The number of piperidine rings is 1. The van der Waals surface area contributed by atoms with E-state index in [0.717, 1.165) is 79.3 Å². The monoisotopic (exact) mass is 398 g/mol. The van der Waals surface area contributed by atoms with Crippen LogP contribution in [0.15, 0.2) is 30.3 Å². The molecule has 2 aromatic rings. The maximum atomic E-state index is 13.3. The van der Waals surface area contributed by atoms with Crippen molar-refractivity contribution in [2.45, 2.75) is 51.5 Å². The van der Waals surface area contributed by atoms with Gasteiger partial charge in [-0.05, 0) is 49.2 Å². The minimum atomic E-state index is 0.0114. The molecule has 2 aromatic carbocycles. The molecule has 3 rings (SSSR count). The molecule has 2 N–H and O–H groups in total. The maximum Gasteiger partial charge on any atom is 0.251 e. The normalized spacial score (nSPS) is 16.7. The molecule has 1 aliphatic rings. The van der Waals surface area contributed by atoms with Gasteiger partial charge in [-0.2, -0.15) is 0 Å². The van der Waals surface area contributed by atoms with E-state index in [1.165, 1.54) is 0 Å². The van der Waals surface area contributed by atoms with E-state index in [2.05, 4.69) is 29.7 Å². The summed E-state index contributed by atoms with van der Waals surface area (Å²) in [6.45, 7) is 5.28. The highest BCUT2D eigenvalue weighted by Gasteiger charge is 2.21. The molecular weight excluding hydrogens is 364 g/mol. The number of carbonyl (C=O) groups is 1. The van der Waals surface area contributed by atoms with Gasteiger partial charge in [0.15, 0.2) is 0 Å². The van der Waals surface area contributed by atoms with E-state index in [-0.39, 0.29) is 11.9 Å². The number of hydrogen-bond donors (Lipinski definition) is 2. The van der Waals surface area contributed by atoms with Crippen LogP contribution in [0.25, 0.3) is 10.8 Å². The first kappa shape index (κ1) is 21.6. The van der Waals surface area contributed by atoms with Crippen molar-refractivity contribution in [1.29, 1.82) is 0 Å². The summed E-state index contributed by atoms with van der Waals surface area (Å²) >= 11 is 0. The topological polar surface area (TPSA) is 59.6 Å². The Hall–Kier alpha value is -2.11. The van der Waals surface area contributed by atoms with Crippen LogP contribution in [0.5, 0.6) is 5.75 Å². The summed E-state index contributed by atoms with van der Waals surface area (Å²) in [5, 5.41) is 8.81. The molecule has 1 fully saturated rings. The Balaban J connectivity index is 1.94. The lowest BCUT2D eigenvalue weighted by molar-refractivity contribution is 0.0929. The Morgan fingerprint density at radius 1 is 1.21 bits per heavy atom. The van der Waals surface area contributed by atoms with Gasteiger partial charge >= 0.3 is 0 Å². The van der Waals surface area contributed by atoms with Crippen LogP contribution in [0.3, 0.4) is 0 Å². The minimum Gasteiger partial charge on any atom is -0.493 e. The number of aryl methyl sites for hydroxylation is 1. The number of fused-ring (bicyclic) bond motifs is 1. The molecule has 0 unspecified atom stereocenters. The SMILES string of the molecule is CCCCc1c(C(=O)N[C@@H]2CCCNC2)cc(OCCCOC)c2ccccc12. The van der Waals surface area contributed by atoms with Gasteiger partial charge in [-0.25, -0.2) is 0 Å². The predicted octanol–water partition coefficient (Wildman–Crippen LogP) is 4.08. The molecule has 1 atom stereocenters. The molecule has 158 valence electrons. The average Bonchev–Trinajstić information content (AvgIpc) is 2.76. The molecule has 1 aliphatic heterocycles. The van der Waals surface area contributed by atoms with Crippen molar-refractivity contribution in [2.75, 3.05) is 33.4 Å². The Bertz CT molecular complexity index is 800. The second-order valence-corrected chi connectivity index (χ2v) is 7.76. The molecule has 1 saturated heterocycles. The first-order valence-electron chi connectivity index (χ1n) is 10.9. The van der Waals surface area contributed by atoms with Gasteiger partial charge in [0.05, 0.1) is 6.61 Å². The molecule has 5 nitrogen and oxygen atoms in total. The van der Waals surface area contributed by atoms with Gasteiger partial charge in [0.25, 0.3) is 5.91 Å². The molecule has 1 heterocycles. The summed E-state index contributed by atoms with van der Waals surface area (Å²) in [6.07, 6.45) is 5.99. The van der Waals surface area contributed by atoms with Crippen molar-refractivity contribution < 1.29 is 14.3 Å². The van der Waals surface area contributed by atoms with Crippen molar-refractivity contribution in [3.05, 3.63) is 41.5 Å². The largest absolute Gasteiger partial charge is 0.493 e. The van der Waals surface area contributed by atoms with Crippen LogP contribution < -0.4 is 15.4 Å². The molecule has 0 aliphatic carbocycles. The number of carbonyl (C=O) groups excluding carboxylic acids is 1. The Labute approximate surface area is 174 Å². The molecule has 1 amide bonds. The molecule has 0 saturated carbocycles. The Morgan fingerprint density at radius 2 is 2.03 bits per heavy atom. The van der Waals surface area contributed by atoms with E-state index in [0.29, 0.717) is 13.2 Å². The van der Waals surface area contributed by atoms with Gasteiger partial charge in [0.1, 0.15) is 5.75 Å². The van der Waals surface area contributed by atoms with Gasteiger partial charge in [-0.1, -0.05) is 37.6 Å². The number of ether oxygens (including phenoxy) is 2. The van der Waals surface area contributed by atoms with Crippen molar-refractivity contribution in [3.63, 3.8) is 0 Å². The highest BCUT2D eigenvalue weighted by Crippen LogP contribution is 2.33. The number of amides is 1. The maximum absolute atomic E-state index is 13.3. The van der Waals surface area contributed by atoms with Gasteiger partial charge < -0.3 is 20.1 Å². The second kappa shape index (κ2) is 11.2. The van der Waals surface area contributed by atoms with Crippen LogP contribution in [-0.4, -0.2) is 45.4 Å². The number of methoxy groups -OCH3 is 1. The zero-order valence-corrected chi connectivity index (χ0v) is 17.8. The standard InChI is InChI=1S/C24H34N2O3/c1-3-4-10-20-19-11-5-6-12-21(19)23(29-15-8-14-28-2)16-22(20)24(27)26-18-9-7-13-25-17-18/h5-6,11-12,16,18,25H,3-4,7-10,13-15,17H2,1-2H3,(H,26,27)/t18-/m1/s1. The summed E-state index contributed by atoms with van der Waals surface area (Å²) in [5.41, 5.74) is 1.89. The Morgan fingerprint density at radius 3 is 2.76 bits per heavy atom. The van der Waals surface area contributed by atoms with Gasteiger partial charge in [-0.3, -0.25) is 4.79 Å². The summed E-state index contributed by atoms with van der Waals surface area (Å²) in [5.74, 6) is 0.793. The molecular formula is C24H34N2O3. The third-order valence-electron chi connectivity index (χ3n) is 5.53. The fourth-order valence-electron chi connectivity index (χ4n) is 3.97. The van der Waals surface area contributed by atoms with E-state index in [1.807, 2.05) is 18.2 Å². The lowest BCUT2D eigenvalue weighted by Crippen LogP contribution is -2.45. The zero-order valence-electron chi connectivity index (χ0n) is 17.8. The van der Waals surface area contributed by atoms with Crippen LogP contribution in [0.4, 0.5) is 0 Å². The van der Waals surface area contributed by atoms with Crippen molar-refractivity contribution in [2.24, 2.45) is 0 Å². The van der Waals surface area contributed by atoms with Crippen LogP contribution in [0.1, 0.15) is 54.9 Å². The van der Waals surface area contributed by atoms with Crippen LogP contribution in [-0.2, 0) is 11.2 Å². The van der Waals surface area contributed by atoms with Crippen LogP contribution in [0.2, 0.25) is 0 Å². The minimum absolute atomic E-state index is 0.0114. The third kappa shape index (κ3) is 5.71. The summed E-state index contributed by atoms with van der Waals surface area (Å²) < 4.78 is 11.2. The molecule has 0 spiro atoms. The fourth-order valence-corrected chi connectivity index (χ4v) is 3.97. The number of benzene rings is 2. The fraction of sp³-hybridized carbons (Fsp3) is 0.542. The summed E-state index contributed by atoms with van der Waals surface area (Å²) in [6, 6.07) is 10.4. The van der Waals surface area contributed by atoms with E-state index in [9.17, 15) is 4.79 Å². The molecule has 0 bridgehead atoms. The van der Waals surface area contributed by atoms with E-state index < -0.39 is 0 Å². The highest BCUT2D eigenvalue weighted by molar-refractivity contribution is 6.04. The first-order chi connectivity index (χ1) is 14.2. The van der Waals surface area contributed by atoms with Gasteiger partial charge in [-0.15, -0.1) is 0 Å². The molecule has 0 aromatic heterocycles. The second-order valence-electron chi connectivity index (χ2n) is 7.76. The van der Waals surface area contributed by atoms with E-state index in [1.54, 1.807) is 7.11 Å². The van der Waals surface area contributed by atoms with Gasteiger partial charge in [0, 0.05) is 43.7 Å². The number of nitrogens with one attached hydrogen (secondary N) is 2. The third-order valence-corrected chi connectivity index (χ3v) is 5.53. The van der Waals surface area contributed by atoms with Crippen molar-refractivity contribution in [1.82, 2.24) is 10.6 Å². The van der Waals surface area contributed by atoms with E-state index in [4.69, 9.17) is 9.47 Å². The van der Waals surface area contributed by atoms with Crippen LogP contribution >= 0.6 is 0 Å². The number of rotatable bonds is 10. The average molecular weight is 399 g/mol. The predicted molar refractivity (Wildman–Crippen MR) is 118 cm³/mol. The summed E-state index contributed by atoms with van der Waals surface area (Å²) in [7, 11) is 1.69. The first-order valence-corrected chi connectivity index (χ1v) is 10.9. The number of hydrogen-bond acceptors (Lipinski definition) is 4. The molecule has 29 heavy (non-hydrogen) atoms. The smallest absolute Gasteiger partial charge is 0.251 e. The Kier molecular flexibility index (Phi) is 8.32. The quantitative estimate of drug-likeness (QED) is 0.592. The zero-order chi connectivity index (χ0) is 20.5. The molecule has 5 heteroatoms. The molecule has 0 radical (unpaired) electrons. The van der Waals surface area contributed by atoms with Crippen molar-refractivity contribution >= 4 is 16.7 Å². The van der Waals surface area contributed by atoms with Crippen molar-refractivity contribution in [3.8, 4) is 5.75 Å². The van der Waals surface area contributed by atoms with Crippen LogP contribution in [0, 0.1) is 0 Å². The summed E-state index contributed by atoms with van der Waals surface area (Å²) in [4.78, 5) is 13.3. The van der Waals surface area contributed by atoms with E-state index >= 15 is 0 Å². The lowest BCUT2D eigenvalue weighted by Gasteiger charge is -2.25.